The van der Waals surface area contributed by atoms with Crippen LogP contribution in [0.5, 0.6) is 0 Å². The second kappa shape index (κ2) is 5.24. The first kappa shape index (κ1) is 15.3. The first-order valence-electron chi connectivity index (χ1n) is 8.56. The first-order valence-corrected chi connectivity index (χ1v) is 8.56. The normalized spacial score (nSPS) is 50.2. The van der Waals surface area contributed by atoms with Gasteiger partial charge in [-0.05, 0) is 72.7 Å². The second-order valence-electron chi connectivity index (χ2n) is 8.19. The van der Waals surface area contributed by atoms with Gasteiger partial charge in [-0.2, -0.15) is 0 Å². The van der Waals surface area contributed by atoms with Crippen LogP contribution < -0.4 is 0 Å². The molecule has 2 N–H and O–H groups in total. The first-order chi connectivity index (χ1) is 9.90. The number of hydrogen-bond donors (Lipinski definition) is 2. The summed E-state index contributed by atoms with van der Waals surface area (Å²) in [5, 5.41) is 19.7. The van der Waals surface area contributed by atoms with Gasteiger partial charge in [0, 0.05) is 6.61 Å². The molecule has 3 rings (SSSR count). The Balaban J connectivity index is 1.78. The lowest BCUT2D eigenvalue weighted by atomic mass is 9.53. The Kier molecular flexibility index (Phi) is 3.82. The lowest BCUT2D eigenvalue weighted by Gasteiger charge is -2.52. The largest absolute Gasteiger partial charge is 0.396 e. The van der Waals surface area contributed by atoms with Crippen molar-refractivity contribution in [1.82, 2.24) is 0 Å². The van der Waals surface area contributed by atoms with Crippen molar-refractivity contribution in [3.8, 4) is 0 Å². The SMILES string of the molecule is C=C1C=CC2CC(C3(C)CCC(O)CC3CO)CCC12C. The summed E-state index contributed by atoms with van der Waals surface area (Å²) in [6, 6.07) is 0. The van der Waals surface area contributed by atoms with E-state index in [-0.39, 0.29) is 29.5 Å². The highest BCUT2D eigenvalue weighted by Crippen LogP contribution is 2.59. The molecular weight excluding hydrogens is 260 g/mol. The van der Waals surface area contributed by atoms with Crippen molar-refractivity contribution in [3.05, 3.63) is 24.3 Å². The van der Waals surface area contributed by atoms with E-state index in [4.69, 9.17) is 0 Å². The molecule has 2 fully saturated rings. The Bertz CT molecular complexity index is 454. The maximum atomic E-state index is 9.93. The standard InChI is InChI=1S/C19H30O2/c1-13-4-5-14-10-15(6-8-18(13,14)2)19(3)9-7-17(21)11-16(19)12-20/h4-5,14-17,20-21H,1,6-12H2,2-3H3. The molecule has 0 aromatic heterocycles. The van der Waals surface area contributed by atoms with E-state index in [2.05, 4.69) is 32.6 Å². The fourth-order valence-corrected chi connectivity index (χ4v) is 5.27. The molecule has 0 saturated heterocycles. The van der Waals surface area contributed by atoms with Crippen LogP contribution >= 0.6 is 0 Å². The van der Waals surface area contributed by atoms with Crippen LogP contribution in [-0.4, -0.2) is 22.9 Å². The molecule has 3 aliphatic carbocycles. The lowest BCUT2D eigenvalue weighted by molar-refractivity contribution is -0.0632. The molecule has 0 amide bonds. The molecule has 2 heteroatoms. The molecule has 0 spiro atoms. The minimum absolute atomic E-state index is 0.188. The van der Waals surface area contributed by atoms with Crippen molar-refractivity contribution < 1.29 is 10.2 Å². The van der Waals surface area contributed by atoms with Crippen LogP contribution in [0.15, 0.2) is 24.3 Å². The van der Waals surface area contributed by atoms with Gasteiger partial charge in [-0.3, -0.25) is 0 Å². The second-order valence-corrected chi connectivity index (χ2v) is 8.19. The topological polar surface area (TPSA) is 40.5 Å². The third kappa shape index (κ3) is 2.31. The van der Waals surface area contributed by atoms with Crippen LogP contribution in [-0.2, 0) is 0 Å². The van der Waals surface area contributed by atoms with Gasteiger partial charge in [0.25, 0.3) is 0 Å². The zero-order valence-electron chi connectivity index (χ0n) is 13.5. The van der Waals surface area contributed by atoms with Crippen LogP contribution in [0.4, 0.5) is 0 Å². The number of aliphatic hydroxyl groups is 2. The van der Waals surface area contributed by atoms with Crippen LogP contribution in [0.25, 0.3) is 0 Å². The van der Waals surface area contributed by atoms with Crippen molar-refractivity contribution in [2.24, 2.45) is 28.6 Å². The Hall–Kier alpha value is -0.600. The molecule has 0 radical (unpaired) electrons. The van der Waals surface area contributed by atoms with Crippen molar-refractivity contribution in [2.75, 3.05) is 6.61 Å². The van der Waals surface area contributed by atoms with E-state index in [9.17, 15) is 10.2 Å². The predicted molar refractivity (Wildman–Crippen MR) is 85.8 cm³/mol. The molecule has 0 aliphatic heterocycles. The minimum Gasteiger partial charge on any atom is -0.396 e. The van der Waals surface area contributed by atoms with E-state index < -0.39 is 0 Å². The highest BCUT2D eigenvalue weighted by Gasteiger charge is 2.50. The lowest BCUT2D eigenvalue weighted by Crippen LogP contribution is -2.46. The Morgan fingerprint density at radius 1 is 1.24 bits per heavy atom. The smallest absolute Gasteiger partial charge is 0.0544 e. The molecule has 0 aromatic rings. The van der Waals surface area contributed by atoms with Crippen molar-refractivity contribution >= 4 is 0 Å². The zero-order chi connectivity index (χ0) is 15.3. The predicted octanol–water partition coefficient (Wildman–Crippen LogP) is 3.69. The average Bonchev–Trinajstić information content (AvgIpc) is 2.77. The summed E-state index contributed by atoms with van der Waals surface area (Å²) in [6.07, 6.45) is 10.8. The van der Waals surface area contributed by atoms with Crippen molar-refractivity contribution in [2.45, 2.75) is 58.5 Å². The highest BCUT2D eigenvalue weighted by molar-refractivity contribution is 5.33. The quantitative estimate of drug-likeness (QED) is 0.814. The van der Waals surface area contributed by atoms with E-state index in [0.29, 0.717) is 11.8 Å². The summed E-state index contributed by atoms with van der Waals surface area (Å²) in [7, 11) is 0. The van der Waals surface area contributed by atoms with Gasteiger partial charge in [0.2, 0.25) is 0 Å². The maximum absolute atomic E-state index is 9.93. The van der Waals surface area contributed by atoms with E-state index in [1.54, 1.807) is 0 Å². The molecule has 21 heavy (non-hydrogen) atoms. The third-order valence-electron chi connectivity index (χ3n) is 7.29. The van der Waals surface area contributed by atoms with Crippen LogP contribution in [0.3, 0.4) is 0 Å². The Morgan fingerprint density at radius 3 is 2.71 bits per heavy atom. The van der Waals surface area contributed by atoms with Gasteiger partial charge in [0.1, 0.15) is 0 Å². The molecule has 2 saturated carbocycles. The van der Waals surface area contributed by atoms with Gasteiger partial charge < -0.3 is 10.2 Å². The van der Waals surface area contributed by atoms with E-state index in [1.165, 1.54) is 24.8 Å². The van der Waals surface area contributed by atoms with Gasteiger partial charge in [-0.15, -0.1) is 0 Å². The van der Waals surface area contributed by atoms with Gasteiger partial charge in [0.05, 0.1) is 6.10 Å². The van der Waals surface area contributed by atoms with E-state index in [1.807, 2.05) is 0 Å². The van der Waals surface area contributed by atoms with Crippen molar-refractivity contribution in [3.63, 3.8) is 0 Å². The average molecular weight is 290 g/mol. The zero-order valence-corrected chi connectivity index (χ0v) is 13.5. The summed E-state index contributed by atoms with van der Waals surface area (Å²) >= 11 is 0. The molecule has 3 aliphatic rings. The molecule has 6 atom stereocenters. The molecule has 0 aromatic carbocycles. The summed E-state index contributed by atoms with van der Waals surface area (Å²) in [6.45, 7) is 9.19. The fraction of sp³-hybridized carbons (Fsp3) is 0.789. The summed E-state index contributed by atoms with van der Waals surface area (Å²) in [5.41, 5.74) is 1.76. The summed E-state index contributed by atoms with van der Waals surface area (Å²) < 4.78 is 0. The molecular formula is C19H30O2. The van der Waals surface area contributed by atoms with Crippen LogP contribution in [0.2, 0.25) is 0 Å². The van der Waals surface area contributed by atoms with Gasteiger partial charge in [0.15, 0.2) is 0 Å². The number of aliphatic hydroxyl groups excluding tert-OH is 2. The van der Waals surface area contributed by atoms with Crippen LogP contribution in [0.1, 0.15) is 52.4 Å². The van der Waals surface area contributed by atoms with E-state index >= 15 is 0 Å². The monoisotopic (exact) mass is 290 g/mol. The molecule has 118 valence electrons. The van der Waals surface area contributed by atoms with Crippen LogP contribution in [0, 0.1) is 28.6 Å². The minimum atomic E-state index is -0.213. The number of fused-ring (bicyclic) bond motifs is 1. The van der Waals surface area contributed by atoms with Crippen molar-refractivity contribution in [1.29, 1.82) is 0 Å². The number of hydrogen-bond acceptors (Lipinski definition) is 2. The number of rotatable bonds is 2. The Labute approximate surface area is 128 Å². The van der Waals surface area contributed by atoms with Gasteiger partial charge in [-0.25, -0.2) is 0 Å². The Morgan fingerprint density at radius 2 is 2.00 bits per heavy atom. The maximum Gasteiger partial charge on any atom is 0.0544 e. The highest BCUT2D eigenvalue weighted by atomic mass is 16.3. The third-order valence-corrected chi connectivity index (χ3v) is 7.29. The number of allylic oxidation sites excluding steroid dienone is 3. The molecule has 2 nitrogen and oxygen atoms in total. The molecule has 0 heterocycles. The van der Waals surface area contributed by atoms with E-state index in [0.717, 1.165) is 19.3 Å². The van der Waals surface area contributed by atoms with Gasteiger partial charge in [-0.1, -0.05) is 32.6 Å². The summed E-state index contributed by atoms with van der Waals surface area (Å²) in [5.74, 6) is 1.53. The fourth-order valence-electron chi connectivity index (χ4n) is 5.27. The molecule has 0 bridgehead atoms. The van der Waals surface area contributed by atoms with Gasteiger partial charge >= 0.3 is 0 Å². The molecule has 6 unspecified atom stereocenters. The summed E-state index contributed by atoms with van der Waals surface area (Å²) in [4.78, 5) is 0.